The molecule has 1 aromatic carbocycles. The predicted octanol–water partition coefficient (Wildman–Crippen LogP) is 3.42. The van der Waals surface area contributed by atoms with Crippen LogP contribution in [0.25, 0.3) is 0 Å². The Morgan fingerprint density at radius 2 is 1.95 bits per heavy atom. The van der Waals surface area contributed by atoms with E-state index in [0.717, 1.165) is 19.0 Å². The van der Waals surface area contributed by atoms with Gasteiger partial charge in [-0.05, 0) is 43.3 Å². The third-order valence-corrected chi connectivity index (χ3v) is 5.28. The highest BCUT2D eigenvalue weighted by molar-refractivity contribution is 7.98. The molecule has 1 aliphatic rings. The summed E-state index contributed by atoms with van der Waals surface area (Å²) in [6.45, 7) is 1.97. The minimum atomic E-state index is 0.303. The van der Waals surface area contributed by atoms with Gasteiger partial charge in [0.1, 0.15) is 0 Å². The number of benzene rings is 1. The summed E-state index contributed by atoms with van der Waals surface area (Å²) in [4.78, 5) is 4.35. The van der Waals surface area contributed by atoms with E-state index in [-0.39, 0.29) is 0 Å². The second-order valence-electron chi connectivity index (χ2n) is 6.05. The van der Waals surface area contributed by atoms with Crippen molar-refractivity contribution in [3.63, 3.8) is 0 Å². The van der Waals surface area contributed by atoms with Crippen molar-refractivity contribution in [2.45, 2.75) is 37.5 Å². The quantitative estimate of drug-likeness (QED) is 0.438. The molecule has 0 heterocycles. The summed E-state index contributed by atoms with van der Waals surface area (Å²) >= 11 is 1.91. The monoisotopic (exact) mass is 319 g/mol. The second-order valence-corrected chi connectivity index (χ2v) is 7.04. The van der Waals surface area contributed by atoms with Crippen LogP contribution >= 0.6 is 11.8 Å². The number of thioether (sulfide) groups is 1. The molecule has 1 aromatic rings. The molecule has 0 unspecified atom stereocenters. The van der Waals surface area contributed by atoms with E-state index >= 15 is 0 Å². The van der Waals surface area contributed by atoms with E-state index < -0.39 is 0 Å². The summed E-state index contributed by atoms with van der Waals surface area (Å²) < 4.78 is 0. The summed E-state index contributed by atoms with van der Waals surface area (Å²) in [5.74, 6) is 2.18. The van der Waals surface area contributed by atoms with Crippen molar-refractivity contribution in [2.24, 2.45) is 4.99 Å². The Hall–Kier alpha value is -1.16. The van der Waals surface area contributed by atoms with Gasteiger partial charge in [-0.1, -0.05) is 36.8 Å². The summed E-state index contributed by atoms with van der Waals surface area (Å²) in [6.07, 6.45) is 8.50. The molecule has 0 amide bonds. The van der Waals surface area contributed by atoms with Gasteiger partial charge in [0, 0.05) is 25.6 Å². The van der Waals surface area contributed by atoms with Gasteiger partial charge in [0.25, 0.3) is 0 Å². The number of hydrogen-bond acceptors (Lipinski definition) is 2. The fourth-order valence-electron chi connectivity index (χ4n) is 3.01. The van der Waals surface area contributed by atoms with Crippen LogP contribution in [0.2, 0.25) is 0 Å². The van der Waals surface area contributed by atoms with Crippen LogP contribution in [0.5, 0.6) is 0 Å². The highest BCUT2D eigenvalue weighted by atomic mass is 32.2. The molecule has 22 heavy (non-hydrogen) atoms. The molecule has 0 aliphatic heterocycles. The first-order chi connectivity index (χ1) is 10.8. The van der Waals surface area contributed by atoms with Crippen molar-refractivity contribution in [1.29, 1.82) is 0 Å². The van der Waals surface area contributed by atoms with Gasteiger partial charge in [-0.2, -0.15) is 11.8 Å². The number of nitrogens with zero attached hydrogens (tertiary/aromatic N) is 1. The van der Waals surface area contributed by atoms with E-state index in [1.807, 2.05) is 18.8 Å². The lowest BCUT2D eigenvalue weighted by atomic mass is 9.64. The Bertz CT molecular complexity index is 455. The molecule has 0 atom stereocenters. The van der Waals surface area contributed by atoms with Crippen molar-refractivity contribution >= 4 is 17.7 Å². The lowest BCUT2D eigenvalue weighted by molar-refractivity contribution is 0.244. The van der Waals surface area contributed by atoms with E-state index in [9.17, 15) is 0 Å². The van der Waals surface area contributed by atoms with Gasteiger partial charge < -0.3 is 10.6 Å². The Balaban J connectivity index is 1.79. The van der Waals surface area contributed by atoms with Gasteiger partial charge in [-0.15, -0.1) is 0 Å². The number of guanidine groups is 1. The SMILES string of the molecule is CN=C(NCCCCSC)NCC1(c2ccccc2)CCC1. The first kappa shape index (κ1) is 17.2. The number of hydrogen-bond donors (Lipinski definition) is 2. The van der Waals surface area contributed by atoms with E-state index in [1.54, 1.807) is 0 Å². The van der Waals surface area contributed by atoms with Crippen LogP contribution in [-0.4, -0.2) is 38.1 Å². The average Bonchev–Trinajstić information content (AvgIpc) is 2.52. The van der Waals surface area contributed by atoms with E-state index in [1.165, 1.54) is 43.4 Å². The maximum atomic E-state index is 4.35. The summed E-state index contributed by atoms with van der Waals surface area (Å²) in [5, 5.41) is 6.97. The molecule has 2 rings (SSSR count). The number of rotatable bonds is 8. The van der Waals surface area contributed by atoms with Crippen LogP contribution < -0.4 is 10.6 Å². The molecule has 0 aromatic heterocycles. The molecule has 1 saturated carbocycles. The lowest BCUT2D eigenvalue weighted by Crippen LogP contribution is -2.49. The van der Waals surface area contributed by atoms with Crippen molar-refractivity contribution in [3.8, 4) is 0 Å². The first-order valence-electron chi connectivity index (χ1n) is 8.30. The number of aliphatic imine (C=N–C) groups is 1. The Morgan fingerprint density at radius 1 is 1.18 bits per heavy atom. The standard InChI is InChI=1S/C18H29N3S/c1-19-17(20-13-6-7-14-22-2)21-15-18(11-8-12-18)16-9-4-3-5-10-16/h3-5,9-10H,6-8,11-15H2,1-2H3,(H2,19,20,21). The molecule has 0 radical (unpaired) electrons. The number of nitrogens with one attached hydrogen (secondary N) is 2. The molecule has 122 valence electrons. The Morgan fingerprint density at radius 3 is 2.55 bits per heavy atom. The Labute approximate surface area is 139 Å². The Kier molecular flexibility index (Phi) is 7.10. The largest absolute Gasteiger partial charge is 0.356 e. The van der Waals surface area contributed by atoms with Crippen LogP contribution in [0.15, 0.2) is 35.3 Å². The van der Waals surface area contributed by atoms with E-state index in [2.05, 4.69) is 52.2 Å². The molecule has 4 heteroatoms. The van der Waals surface area contributed by atoms with Gasteiger partial charge in [-0.25, -0.2) is 0 Å². The van der Waals surface area contributed by atoms with Gasteiger partial charge >= 0.3 is 0 Å². The average molecular weight is 320 g/mol. The predicted molar refractivity (Wildman–Crippen MR) is 99.0 cm³/mol. The lowest BCUT2D eigenvalue weighted by Gasteiger charge is -2.43. The van der Waals surface area contributed by atoms with Crippen LogP contribution in [-0.2, 0) is 5.41 Å². The normalized spacial score (nSPS) is 16.9. The smallest absolute Gasteiger partial charge is 0.191 e. The maximum Gasteiger partial charge on any atom is 0.191 e. The molecule has 3 nitrogen and oxygen atoms in total. The van der Waals surface area contributed by atoms with E-state index in [0.29, 0.717) is 5.41 Å². The van der Waals surface area contributed by atoms with Gasteiger partial charge in [-0.3, -0.25) is 4.99 Å². The summed E-state index contributed by atoms with van der Waals surface area (Å²) in [5.41, 5.74) is 1.77. The van der Waals surface area contributed by atoms with Crippen molar-refractivity contribution in [1.82, 2.24) is 10.6 Å². The minimum Gasteiger partial charge on any atom is -0.356 e. The van der Waals surface area contributed by atoms with Crippen molar-refractivity contribution < 1.29 is 0 Å². The van der Waals surface area contributed by atoms with Gasteiger partial charge in [0.05, 0.1) is 0 Å². The molecule has 0 spiro atoms. The van der Waals surface area contributed by atoms with E-state index in [4.69, 9.17) is 0 Å². The molecular weight excluding hydrogens is 290 g/mol. The molecule has 1 aliphatic carbocycles. The second kappa shape index (κ2) is 9.09. The zero-order chi connectivity index (χ0) is 15.7. The summed E-state index contributed by atoms with van der Waals surface area (Å²) in [7, 11) is 1.85. The molecule has 2 N–H and O–H groups in total. The maximum absolute atomic E-state index is 4.35. The molecule has 0 bridgehead atoms. The fraction of sp³-hybridized carbons (Fsp3) is 0.611. The summed E-state index contributed by atoms with van der Waals surface area (Å²) in [6, 6.07) is 10.9. The molecule has 0 saturated heterocycles. The van der Waals surface area contributed by atoms with Gasteiger partial charge in [0.15, 0.2) is 5.96 Å². The topological polar surface area (TPSA) is 36.4 Å². The zero-order valence-corrected chi connectivity index (χ0v) is 14.7. The molecular formula is C18H29N3S. The van der Waals surface area contributed by atoms with Crippen LogP contribution in [0.3, 0.4) is 0 Å². The van der Waals surface area contributed by atoms with Crippen molar-refractivity contribution in [3.05, 3.63) is 35.9 Å². The van der Waals surface area contributed by atoms with Crippen LogP contribution in [0.4, 0.5) is 0 Å². The van der Waals surface area contributed by atoms with Crippen LogP contribution in [0, 0.1) is 0 Å². The highest BCUT2D eigenvalue weighted by Crippen LogP contribution is 2.43. The molecule has 1 fully saturated rings. The number of unbranched alkanes of at least 4 members (excludes halogenated alkanes) is 1. The van der Waals surface area contributed by atoms with Crippen LogP contribution in [0.1, 0.15) is 37.7 Å². The fourth-order valence-corrected chi connectivity index (χ4v) is 3.51. The third kappa shape index (κ3) is 4.67. The zero-order valence-electron chi connectivity index (χ0n) is 13.9. The van der Waals surface area contributed by atoms with Crippen molar-refractivity contribution in [2.75, 3.05) is 32.1 Å². The van der Waals surface area contributed by atoms with Gasteiger partial charge in [0.2, 0.25) is 0 Å². The first-order valence-corrected chi connectivity index (χ1v) is 9.69. The minimum absolute atomic E-state index is 0.303. The highest BCUT2D eigenvalue weighted by Gasteiger charge is 2.38. The third-order valence-electron chi connectivity index (χ3n) is 4.58.